The zero-order valence-corrected chi connectivity index (χ0v) is 15.3. The molecule has 0 bridgehead atoms. The number of nitrogens with one attached hydrogen (secondary N) is 1. The number of rotatable bonds is 5. The molecule has 1 aliphatic carbocycles. The molecule has 1 aromatic heterocycles. The van der Waals surface area contributed by atoms with Crippen LogP contribution in [-0.4, -0.2) is 34.5 Å². The molecule has 3 rings (SSSR count). The summed E-state index contributed by atoms with van der Waals surface area (Å²) >= 11 is 0. The van der Waals surface area contributed by atoms with Crippen molar-refractivity contribution in [1.82, 2.24) is 15.4 Å². The molecular formula is C19H29N3O3. The van der Waals surface area contributed by atoms with Crippen LogP contribution >= 0.6 is 0 Å². The van der Waals surface area contributed by atoms with Gasteiger partial charge in [0, 0.05) is 31.0 Å². The van der Waals surface area contributed by atoms with Crippen LogP contribution in [0, 0.1) is 19.8 Å². The van der Waals surface area contributed by atoms with Gasteiger partial charge in [0.1, 0.15) is 5.76 Å². The molecule has 1 unspecified atom stereocenters. The maximum Gasteiger partial charge on any atom is 0.222 e. The Morgan fingerprint density at radius 3 is 2.68 bits per heavy atom. The molecule has 1 atom stereocenters. The quantitative estimate of drug-likeness (QED) is 0.889. The van der Waals surface area contributed by atoms with Crippen molar-refractivity contribution in [3.05, 3.63) is 17.0 Å². The van der Waals surface area contributed by atoms with Gasteiger partial charge in [-0.15, -0.1) is 0 Å². The second-order valence-electron chi connectivity index (χ2n) is 7.56. The lowest BCUT2D eigenvalue weighted by Crippen LogP contribution is -2.36. The SMILES string of the molecule is Cc1noc(C)c1CN1CCC(NC(=O)CC2CCCC2)CCC1=O. The van der Waals surface area contributed by atoms with Crippen LogP contribution in [0.2, 0.25) is 0 Å². The highest BCUT2D eigenvalue weighted by atomic mass is 16.5. The van der Waals surface area contributed by atoms with E-state index in [2.05, 4.69) is 10.5 Å². The van der Waals surface area contributed by atoms with Gasteiger partial charge in [0.15, 0.2) is 0 Å². The molecule has 1 aromatic rings. The maximum absolute atomic E-state index is 12.4. The predicted molar refractivity (Wildman–Crippen MR) is 93.8 cm³/mol. The Balaban J connectivity index is 1.52. The summed E-state index contributed by atoms with van der Waals surface area (Å²) in [5, 5.41) is 7.12. The van der Waals surface area contributed by atoms with Crippen molar-refractivity contribution in [2.75, 3.05) is 6.54 Å². The molecule has 138 valence electrons. The molecule has 25 heavy (non-hydrogen) atoms. The molecule has 0 spiro atoms. The molecule has 6 heteroatoms. The van der Waals surface area contributed by atoms with Crippen LogP contribution in [0.5, 0.6) is 0 Å². The highest BCUT2D eigenvalue weighted by Crippen LogP contribution is 2.27. The van der Waals surface area contributed by atoms with Gasteiger partial charge in [0.05, 0.1) is 12.2 Å². The van der Waals surface area contributed by atoms with E-state index in [1.54, 1.807) is 0 Å². The molecule has 0 aromatic carbocycles. The summed E-state index contributed by atoms with van der Waals surface area (Å²) in [5.41, 5.74) is 1.84. The van der Waals surface area contributed by atoms with E-state index in [9.17, 15) is 9.59 Å². The number of hydrogen-bond acceptors (Lipinski definition) is 4. The van der Waals surface area contributed by atoms with E-state index in [0.29, 0.717) is 31.8 Å². The molecule has 1 saturated carbocycles. The average molecular weight is 347 g/mol. The molecule has 2 heterocycles. The number of carbonyl (C=O) groups excluding carboxylic acids is 2. The topological polar surface area (TPSA) is 75.4 Å². The maximum atomic E-state index is 12.4. The summed E-state index contributed by atoms with van der Waals surface area (Å²) in [6.45, 7) is 4.99. The van der Waals surface area contributed by atoms with Crippen LogP contribution in [0.4, 0.5) is 0 Å². The fraction of sp³-hybridized carbons (Fsp3) is 0.737. The molecule has 2 aliphatic rings. The zero-order chi connectivity index (χ0) is 17.8. The highest BCUT2D eigenvalue weighted by molar-refractivity contribution is 5.78. The molecule has 1 N–H and O–H groups in total. The van der Waals surface area contributed by atoms with Crippen LogP contribution in [-0.2, 0) is 16.1 Å². The summed E-state index contributed by atoms with van der Waals surface area (Å²) in [6, 6.07) is 0.104. The minimum Gasteiger partial charge on any atom is -0.361 e. The zero-order valence-electron chi connectivity index (χ0n) is 15.3. The Bertz CT molecular complexity index is 600. The third-order valence-electron chi connectivity index (χ3n) is 5.65. The number of hydrogen-bond donors (Lipinski definition) is 1. The van der Waals surface area contributed by atoms with E-state index < -0.39 is 0 Å². The standard InChI is InChI=1S/C19H29N3O3/c1-13-17(14(2)25-21-13)12-22-10-9-16(7-8-19(22)24)20-18(23)11-15-5-3-4-6-15/h15-16H,3-12H2,1-2H3,(H,20,23). The number of aryl methyl sites for hydroxylation is 2. The van der Waals surface area contributed by atoms with Gasteiger partial charge in [0.25, 0.3) is 0 Å². The van der Waals surface area contributed by atoms with Gasteiger partial charge >= 0.3 is 0 Å². The van der Waals surface area contributed by atoms with Crippen LogP contribution < -0.4 is 5.32 Å². The van der Waals surface area contributed by atoms with Gasteiger partial charge in [-0.25, -0.2) is 0 Å². The molecule has 2 fully saturated rings. The summed E-state index contributed by atoms with van der Waals surface area (Å²) in [6.07, 6.45) is 7.55. The van der Waals surface area contributed by atoms with Crippen LogP contribution in [0.15, 0.2) is 4.52 Å². The van der Waals surface area contributed by atoms with Crippen molar-refractivity contribution in [1.29, 1.82) is 0 Å². The molecule has 2 amide bonds. The second-order valence-corrected chi connectivity index (χ2v) is 7.56. The average Bonchev–Trinajstić information content (AvgIpc) is 3.15. The first-order chi connectivity index (χ1) is 12.0. The van der Waals surface area contributed by atoms with Gasteiger partial charge in [-0.3, -0.25) is 9.59 Å². The molecule has 1 saturated heterocycles. The number of carbonyl (C=O) groups is 2. The van der Waals surface area contributed by atoms with Crippen molar-refractivity contribution in [3.8, 4) is 0 Å². The number of likely N-dealkylation sites (tertiary alicyclic amines) is 1. The van der Waals surface area contributed by atoms with Crippen molar-refractivity contribution in [3.63, 3.8) is 0 Å². The van der Waals surface area contributed by atoms with Crippen LogP contribution in [0.25, 0.3) is 0 Å². The van der Waals surface area contributed by atoms with Gasteiger partial charge in [-0.2, -0.15) is 0 Å². The first kappa shape index (κ1) is 18.0. The van der Waals surface area contributed by atoms with Gasteiger partial charge in [-0.1, -0.05) is 18.0 Å². The monoisotopic (exact) mass is 347 g/mol. The molecule has 6 nitrogen and oxygen atoms in total. The van der Waals surface area contributed by atoms with Crippen LogP contribution in [0.3, 0.4) is 0 Å². The first-order valence-electron chi connectivity index (χ1n) is 9.52. The minimum atomic E-state index is 0.104. The predicted octanol–water partition coefficient (Wildman–Crippen LogP) is 2.87. The van der Waals surface area contributed by atoms with Gasteiger partial charge in [0.2, 0.25) is 11.8 Å². The van der Waals surface area contributed by atoms with E-state index in [-0.39, 0.29) is 17.9 Å². The normalized spacial score (nSPS) is 22.2. The first-order valence-corrected chi connectivity index (χ1v) is 9.52. The number of aromatic nitrogens is 1. The Morgan fingerprint density at radius 1 is 1.24 bits per heavy atom. The van der Waals surface area contributed by atoms with Crippen molar-refractivity contribution in [2.45, 2.75) is 77.8 Å². The fourth-order valence-electron chi connectivity index (χ4n) is 4.03. The number of nitrogens with zero attached hydrogens (tertiary/aromatic N) is 2. The van der Waals surface area contributed by atoms with E-state index in [0.717, 1.165) is 29.9 Å². The summed E-state index contributed by atoms with van der Waals surface area (Å²) < 4.78 is 5.20. The third kappa shape index (κ3) is 4.61. The van der Waals surface area contributed by atoms with Gasteiger partial charge in [-0.05, 0) is 45.4 Å². The Hall–Kier alpha value is -1.85. The van der Waals surface area contributed by atoms with E-state index in [1.165, 1.54) is 25.7 Å². The number of amides is 2. The lowest BCUT2D eigenvalue weighted by atomic mass is 10.0. The summed E-state index contributed by atoms with van der Waals surface area (Å²) in [7, 11) is 0. The lowest BCUT2D eigenvalue weighted by Gasteiger charge is -2.21. The molecular weight excluding hydrogens is 318 g/mol. The Morgan fingerprint density at radius 2 is 2.00 bits per heavy atom. The summed E-state index contributed by atoms with van der Waals surface area (Å²) in [4.78, 5) is 26.6. The highest BCUT2D eigenvalue weighted by Gasteiger charge is 2.26. The Kier molecular flexibility index (Phi) is 5.76. The van der Waals surface area contributed by atoms with Crippen LogP contribution in [0.1, 0.15) is 68.4 Å². The molecule has 1 aliphatic heterocycles. The van der Waals surface area contributed by atoms with Crippen molar-refractivity contribution >= 4 is 11.8 Å². The van der Waals surface area contributed by atoms with E-state index >= 15 is 0 Å². The minimum absolute atomic E-state index is 0.104. The third-order valence-corrected chi connectivity index (χ3v) is 5.65. The second kappa shape index (κ2) is 8.02. The largest absolute Gasteiger partial charge is 0.361 e. The smallest absolute Gasteiger partial charge is 0.222 e. The molecule has 0 radical (unpaired) electrons. The van der Waals surface area contributed by atoms with Crippen molar-refractivity contribution in [2.24, 2.45) is 5.92 Å². The summed E-state index contributed by atoms with van der Waals surface area (Å²) in [5.74, 6) is 1.63. The lowest BCUT2D eigenvalue weighted by molar-refractivity contribution is -0.131. The van der Waals surface area contributed by atoms with Crippen molar-refractivity contribution < 1.29 is 14.1 Å². The Labute approximate surface area is 149 Å². The fourth-order valence-corrected chi connectivity index (χ4v) is 4.03. The van der Waals surface area contributed by atoms with E-state index in [1.807, 2.05) is 18.7 Å². The van der Waals surface area contributed by atoms with E-state index in [4.69, 9.17) is 4.52 Å². The van der Waals surface area contributed by atoms with Gasteiger partial charge < -0.3 is 14.7 Å².